The first-order valence-corrected chi connectivity index (χ1v) is 5.36. The lowest BCUT2D eigenvalue weighted by Gasteiger charge is -2.16. The minimum absolute atomic E-state index is 0.0502. The lowest BCUT2D eigenvalue weighted by molar-refractivity contribution is -0.117. The highest BCUT2D eigenvalue weighted by Gasteiger charge is 2.31. The fourth-order valence-corrected chi connectivity index (χ4v) is 2.00. The predicted octanol–water partition coefficient (Wildman–Crippen LogP) is 2.42. The Morgan fingerprint density at radius 1 is 1.47 bits per heavy atom. The zero-order valence-electron chi connectivity index (χ0n) is 8.12. The Hall–Kier alpha value is -1.09. The van der Waals surface area contributed by atoms with Crippen LogP contribution in [0.1, 0.15) is 6.42 Å². The van der Waals surface area contributed by atoms with E-state index < -0.39 is 0 Å². The van der Waals surface area contributed by atoms with Gasteiger partial charge in [-0.15, -0.1) is 11.6 Å². The van der Waals surface area contributed by atoms with E-state index in [9.17, 15) is 9.18 Å². The second-order valence-corrected chi connectivity index (χ2v) is 3.99. The summed E-state index contributed by atoms with van der Waals surface area (Å²) in [7, 11) is 0. The molecule has 1 saturated heterocycles. The van der Waals surface area contributed by atoms with Crippen molar-refractivity contribution < 1.29 is 9.18 Å². The highest BCUT2D eigenvalue weighted by Crippen LogP contribution is 2.27. The molecule has 0 saturated carbocycles. The van der Waals surface area contributed by atoms with E-state index in [1.807, 2.05) is 0 Å². The number of rotatable bonds is 2. The number of carbonyl (C=O) groups excluding carboxylic acids is 1. The molecule has 1 heterocycles. The van der Waals surface area contributed by atoms with Crippen LogP contribution in [-0.2, 0) is 4.79 Å². The molecule has 0 aromatic heterocycles. The third kappa shape index (κ3) is 1.97. The van der Waals surface area contributed by atoms with Gasteiger partial charge in [0.1, 0.15) is 5.82 Å². The molecule has 1 aromatic carbocycles. The number of para-hydroxylation sites is 1. The van der Waals surface area contributed by atoms with Crippen LogP contribution in [0, 0.1) is 11.7 Å². The highest BCUT2D eigenvalue weighted by molar-refractivity contribution is 6.18. The number of nitrogens with zero attached hydrogens (tertiary/aromatic N) is 1. The molecule has 1 aliphatic rings. The van der Waals surface area contributed by atoms with Crippen LogP contribution >= 0.6 is 11.6 Å². The molecule has 1 aliphatic heterocycles. The highest BCUT2D eigenvalue weighted by atomic mass is 35.5. The van der Waals surface area contributed by atoms with Crippen molar-refractivity contribution in [2.45, 2.75) is 6.42 Å². The van der Waals surface area contributed by atoms with Crippen molar-refractivity contribution in [3.63, 3.8) is 0 Å². The SMILES string of the molecule is O=C1CC(CCl)CN1c1ccccc1F. The minimum atomic E-state index is -0.360. The van der Waals surface area contributed by atoms with E-state index >= 15 is 0 Å². The van der Waals surface area contributed by atoms with Gasteiger partial charge in [0, 0.05) is 18.8 Å². The topological polar surface area (TPSA) is 20.3 Å². The first-order valence-electron chi connectivity index (χ1n) is 4.83. The smallest absolute Gasteiger partial charge is 0.227 e. The lowest BCUT2D eigenvalue weighted by Crippen LogP contribution is -2.25. The number of halogens is 2. The fraction of sp³-hybridized carbons (Fsp3) is 0.364. The summed E-state index contributed by atoms with van der Waals surface area (Å²) in [6.45, 7) is 0.517. The summed E-state index contributed by atoms with van der Waals surface area (Å²) in [6, 6.07) is 6.30. The van der Waals surface area contributed by atoms with Gasteiger partial charge in [0.15, 0.2) is 0 Å². The quantitative estimate of drug-likeness (QED) is 0.711. The molecular weight excluding hydrogens is 217 g/mol. The van der Waals surface area contributed by atoms with E-state index in [1.165, 1.54) is 11.0 Å². The van der Waals surface area contributed by atoms with Crippen molar-refractivity contribution in [3.05, 3.63) is 30.1 Å². The van der Waals surface area contributed by atoms with E-state index in [-0.39, 0.29) is 17.6 Å². The number of hydrogen-bond donors (Lipinski definition) is 0. The summed E-state index contributed by atoms with van der Waals surface area (Å²) in [5, 5.41) is 0. The van der Waals surface area contributed by atoms with Gasteiger partial charge in [-0.3, -0.25) is 4.79 Å². The number of benzene rings is 1. The summed E-state index contributed by atoms with van der Waals surface area (Å²) in [4.78, 5) is 13.1. The molecule has 1 atom stereocenters. The Kier molecular flexibility index (Phi) is 2.91. The lowest BCUT2D eigenvalue weighted by atomic mass is 10.1. The normalized spacial score (nSPS) is 21.1. The van der Waals surface area contributed by atoms with Crippen molar-refractivity contribution in [1.29, 1.82) is 0 Å². The third-order valence-electron chi connectivity index (χ3n) is 2.57. The van der Waals surface area contributed by atoms with Gasteiger partial charge in [-0.1, -0.05) is 12.1 Å². The Morgan fingerprint density at radius 3 is 2.80 bits per heavy atom. The van der Waals surface area contributed by atoms with Crippen molar-refractivity contribution in [3.8, 4) is 0 Å². The number of carbonyl (C=O) groups is 1. The molecule has 2 rings (SSSR count). The van der Waals surface area contributed by atoms with Crippen molar-refractivity contribution >= 4 is 23.2 Å². The number of amides is 1. The Bertz CT molecular complexity index is 383. The summed E-state index contributed by atoms with van der Waals surface area (Å²) >= 11 is 5.69. The average molecular weight is 228 g/mol. The van der Waals surface area contributed by atoms with Crippen LogP contribution in [0.5, 0.6) is 0 Å². The standard InChI is InChI=1S/C11H11ClFNO/c12-6-8-5-11(15)14(7-8)10-4-2-1-3-9(10)13/h1-4,8H,5-7H2. The monoisotopic (exact) mass is 227 g/mol. The summed E-state index contributed by atoms with van der Waals surface area (Å²) < 4.78 is 13.4. The molecule has 0 spiro atoms. The van der Waals surface area contributed by atoms with Crippen molar-refractivity contribution in [2.75, 3.05) is 17.3 Å². The van der Waals surface area contributed by atoms with Gasteiger partial charge in [0.05, 0.1) is 5.69 Å². The van der Waals surface area contributed by atoms with Crippen LogP contribution in [0.4, 0.5) is 10.1 Å². The van der Waals surface area contributed by atoms with Gasteiger partial charge in [-0.2, -0.15) is 0 Å². The molecule has 0 aliphatic carbocycles. The minimum Gasteiger partial charge on any atom is -0.309 e. The Labute approximate surface area is 92.6 Å². The van der Waals surface area contributed by atoms with Crippen LogP contribution in [0.2, 0.25) is 0 Å². The van der Waals surface area contributed by atoms with Gasteiger partial charge in [-0.05, 0) is 18.1 Å². The first kappa shape index (κ1) is 10.4. The van der Waals surface area contributed by atoms with Gasteiger partial charge < -0.3 is 4.90 Å². The molecule has 4 heteroatoms. The zero-order valence-corrected chi connectivity index (χ0v) is 8.88. The second kappa shape index (κ2) is 4.19. The molecule has 0 N–H and O–H groups in total. The van der Waals surface area contributed by atoms with Crippen LogP contribution in [0.25, 0.3) is 0 Å². The molecule has 0 radical (unpaired) electrons. The maximum absolute atomic E-state index is 13.4. The molecule has 1 amide bonds. The van der Waals surface area contributed by atoms with Crippen molar-refractivity contribution in [1.82, 2.24) is 0 Å². The second-order valence-electron chi connectivity index (χ2n) is 3.68. The molecule has 1 aromatic rings. The Balaban J connectivity index is 2.25. The van der Waals surface area contributed by atoms with Crippen LogP contribution in [-0.4, -0.2) is 18.3 Å². The van der Waals surface area contributed by atoms with E-state index in [1.54, 1.807) is 18.2 Å². The number of hydrogen-bond acceptors (Lipinski definition) is 1. The van der Waals surface area contributed by atoms with Gasteiger partial charge in [0.25, 0.3) is 0 Å². The molecule has 1 unspecified atom stereocenters. The van der Waals surface area contributed by atoms with Gasteiger partial charge in [0.2, 0.25) is 5.91 Å². The average Bonchev–Trinajstić information content (AvgIpc) is 2.60. The maximum Gasteiger partial charge on any atom is 0.227 e. The molecule has 80 valence electrons. The molecule has 0 bridgehead atoms. The maximum atomic E-state index is 13.4. The first-order chi connectivity index (χ1) is 7.22. The van der Waals surface area contributed by atoms with Gasteiger partial charge in [-0.25, -0.2) is 4.39 Å². The zero-order chi connectivity index (χ0) is 10.8. The molecule has 2 nitrogen and oxygen atoms in total. The van der Waals surface area contributed by atoms with E-state index in [0.29, 0.717) is 24.5 Å². The molecular formula is C11H11ClFNO. The van der Waals surface area contributed by atoms with Crippen molar-refractivity contribution in [2.24, 2.45) is 5.92 Å². The van der Waals surface area contributed by atoms with E-state index in [0.717, 1.165) is 0 Å². The Morgan fingerprint density at radius 2 is 2.20 bits per heavy atom. The fourth-order valence-electron chi connectivity index (χ4n) is 1.79. The van der Waals surface area contributed by atoms with Crippen LogP contribution < -0.4 is 4.90 Å². The van der Waals surface area contributed by atoms with E-state index in [2.05, 4.69) is 0 Å². The third-order valence-corrected chi connectivity index (χ3v) is 3.00. The molecule has 15 heavy (non-hydrogen) atoms. The van der Waals surface area contributed by atoms with Crippen LogP contribution in [0.15, 0.2) is 24.3 Å². The summed E-state index contributed by atoms with van der Waals surface area (Å²) in [5.41, 5.74) is 0.357. The number of alkyl halides is 1. The number of anilines is 1. The summed E-state index contributed by atoms with van der Waals surface area (Å²) in [6.07, 6.45) is 0.415. The van der Waals surface area contributed by atoms with Crippen LogP contribution in [0.3, 0.4) is 0 Å². The van der Waals surface area contributed by atoms with E-state index in [4.69, 9.17) is 11.6 Å². The largest absolute Gasteiger partial charge is 0.309 e. The predicted molar refractivity (Wildman–Crippen MR) is 57.6 cm³/mol. The summed E-state index contributed by atoms with van der Waals surface area (Å²) in [5.74, 6) is 0.169. The van der Waals surface area contributed by atoms with Gasteiger partial charge >= 0.3 is 0 Å². The molecule has 1 fully saturated rings.